The molecule has 0 aliphatic heterocycles. The predicted molar refractivity (Wildman–Crippen MR) is 239 cm³/mol. The van der Waals surface area contributed by atoms with Crippen molar-refractivity contribution in [2.45, 2.75) is 0 Å². The summed E-state index contributed by atoms with van der Waals surface area (Å²) in [6.07, 6.45) is 0. The molecule has 0 aliphatic rings. The van der Waals surface area contributed by atoms with Crippen molar-refractivity contribution in [3.05, 3.63) is 206 Å². The number of para-hydroxylation sites is 3. The van der Waals surface area contributed by atoms with Crippen LogP contribution in [0.15, 0.2) is 206 Å². The second-order valence-electron chi connectivity index (χ2n) is 14.1. The Balaban J connectivity index is 1.11. The fourth-order valence-corrected chi connectivity index (χ4v) is 9.76. The van der Waals surface area contributed by atoms with Gasteiger partial charge in [-0.1, -0.05) is 133 Å². The van der Waals surface area contributed by atoms with Crippen molar-refractivity contribution in [1.82, 2.24) is 0 Å². The molecule has 258 valence electrons. The molecule has 0 saturated carbocycles. The maximum Gasteiger partial charge on any atom is 0.0476 e. The molecule has 0 aliphatic carbocycles. The van der Waals surface area contributed by atoms with Crippen molar-refractivity contribution in [1.29, 1.82) is 0 Å². The Morgan fingerprint density at radius 1 is 0.273 bits per heavy atom. The van der Waals surface area contributed by atoms with Crippen LogP contribution in [0.2, 0.25) is 0 Å². The number of hydrogen-bond donors (Lipinski definition) is 0. The smallest absolute Gasteiger partial charge is 0.0476 e. The number of benzene rings is 10. The van der Waals surface area contributed by atoms with E-state index in [0.29, 0.717) is 0 Å². The summed E-state index contributed by atoms with van der Waals surface area (Å²) in [6, 6.07) is 75.0. The van der Waals surface area contributed by atoms with Crippen LogP contribution in [0.4, 0.5) is 34.1 Å². The minimum atomic E-state index is 1.13. The first-order valence-electron chi connectivity index (χ1n) is 18.8. The highest BCUT2D eigenvalue weighted by atomic mass is 32.1. The zero-order valence-corrected chi connectivity index (χ0v) is 30.7. The summed E-state index contributed by atoms with van der Waals surface area (Å²) in [5, 5.41) is 12.8. The van der Waals surface area contributed by atoms with Gasteiger partial charge in [0.1, 0.15) is 0 Å². The van der Waals surface area contributed by atoms with Crippen LogP contribution in [-0.2, 0) is 0 Å². The fraction of sp³-hybridized carbons (Fsp3) is 0. The second-order valence-corrected chi connectivity index (χ2v) is 15.2. The van der Waals surface area contributed by atoms with Gasteiger partial charge in [0, 0.05) is 59.7 Å². The van der Waals surface area contributed by atoms with Crippen molar-refractivity contribution >= 4 is 109 Å². The zero-order valence-electron chi connectivity index (χ0n) is 29.9. The van der Waals surface area contributed by atoms with Crippen molar-refractivity contribution in [2.75, 3.05) is 9.80 Å². The van der Waals surface area contributed by atoms with Gasteiger partial charge in [0.15, 0.2) is 0 Å². The summed E-state index contributed by atoms with van der Waals surface area (Å²) in [4.78, 5) is 4.74. The molecule has 11 rings (SSSR count). The van der Waals surface area contributed by atoms with E-state index in [1.807, 2.05) is 11.3 Å². The standard InChI is InChI=1S/C52H34N2S/c1-4-15-37(16-5-1)53(38-17-6-2-7-18-38)42-28-31-48-50(34-42)55-52-47-30-27-41(33-49(47)45-22-12-13-23-46(45)51(48)52)54(39-19-8-3-9-20-39)40-26-29-44-36(32-40)25-24-35-14-10-11-21-43(35)44/h1-34H. The highest BCUT2D eigenvalue weighted by Crippen LogP contribution is 2.48. The maximum atomic E-state index is 2.40. The van der Waals surface area contributed by atoms with Crippen molar-refractivity contribution in [3.63, 3.8) is 0 Å². The molecule has 0 spiro atoms. The monoisotopic (exact) mass is 718 g/mol. The first kappa shape index (κ1) is 31.6. The molecule has 3 heteroatoms. The number of nitrogens with zero attached hydrogens (tertiary/aromatic N) is 2. The molecule has 1 aromatic heterocycles. The average molecular weight is 719 g/mol. The van der Waals surface area contributed by atoms with Gasteiger partial charge in [-0.15, -0.1) is 11.3 Å². The molecule has 1 heterocycles. The zero-order chi connectivity index (χ0) is 36.3. The van der Waals surface area contributed by atoms with Gasteiger partial charge in [0.25, 0.3) is 0 Å². The Hall–Kier alpha value is -6.94. The highest BCUT2D eigenvalue weighted by molar-refractivity contribution is 7.27. The number of thiophene rings is 1. The van der Waals surface area contributed by atoms with E-state index in [0.717, 1.165) is 34.1 Å². The summed E-state index contributed by atoms with van der Waals surface area (Å²) in [5.74, 6) is 0. The molecule has 10 aromatic carbocycles. The second kappa shape index (κ2) is 12.9. The summed E-state index contributed by atoms with van der Waals surface area (Å²) in [5.41, 5.74) is 6.82. The molecule has 0 bridgehead atoms. The van der Waals surface area contributed by atoms with Gasteiger partial charge in [-0.2, -0.15) is 0 Å². The molecular weight excluding hydrogens is 685 g/mol. The van der Waals surface area contributed by atoms with E-state index in [1.165, 1.54) is 63.3 Å². The van der Waals surface area contributed by atoms with Gasteiger partial charge in [-0.05, 0) is 110 Å². The van der Waals surface area contributed by atoms with Crippen LogP contribution in [0.3, 0.4) is 0 Å². The third-order valence-corrected chi connectivity index (χ3v) is 12.1. The lowest BCUT2D eigenvalue weighted by molar-refractivity contribution is 1.29. The number of rotatable bonds is 6. The van der Waals surface area contributed by atoms with Crippen LogP contribution in [0, 0.1) is 0 Å². The SMILES string of the molecule is c1ccc(N(c2ccccc2)c2ccc3c(c2)sc2c4ccc(N(c5ccccc5)c5ccc6c(ccc7ccccc76)c5)cc4c4ccccc4c32)cc1. The Morgan fingerprint density at radius 2 is 0.745 bits per heavy atom. The Bertz CT molecular complexity index is 3170. The third kappa shape index (κ3) is 5.24. The lowest BCUT2D eigenvalue weighted by Gasteiger charge is -2.26. The maximum absolute atomic E-state index is 2.40. The first-order chi connectivity index (χ1) is 27.3. The van der Waals surface area contributed by atoms with Crippen LogP contribution in [0.5, 0.6) is 0 Å². The fourth-order valence-electron chi connectivity index (χ4n) is 8.47. The molecule has 0 fully saturated rings. The molecule has 0 N–H and O–H groups in total. The van der Waals surface area contributed by atoms with Crippen molar-refractivity contribution in [2.24, 2.45) is 0 Å². The predicted octanol–water partition coefficient (Wildman–Crippen LogP) is 15.6. The molecule has 55 heavy (non-hydrogen) atoms. The van der Waals surface area contributed by atoms with E-state index >= 15 is 0 Å². The Labute approximate surface area is 323 Å². The van der Waals surface area contributed by atoms with E-state index < -0.39 is 0 Å². The van der Waals surface area contributed by atoms with E-state index in [4.69, 9.17) is 0 Å². The van der Waals surface area contributed by atoms with Crippen LogP contribution in [-0.4, -0.2) is 0 Å². The molecule has 11 aromatic rings. The Kier molecular flexibility index (Phi) is 7.39. The van der Waals surface area contributed by atoms with Gasteiger partial charge in [0.05, 0.1) is 0 Å². The Morgan fingerprint density at radius 3 is 1.42 bits per heavy atom. The highest BCUT2D eigenvalue weighted by Gasteiger charge is 2.20. The third-order valence-electron chi connectivity index (χ3n) is 11.0. The van der Waals surface area contributed by atoms with Crippen molar-refractivity contribution < 1.29 is 0 Å². The van der Waals surface area contributed by atoms with Crippen molar-refractivity contribution in [3.8, 4) is 0 Å². The molecule has 2 nitrogen and oxygen atoms in total. The first-order valence-corrected chi connectivity index (χ1v) is 19.6. The van der Waals surface area contributed by atoms with Gasteiger partial charge >= 0.3 is 0 Å². The lowest BCUT2D eigenvalue weighted by atomic mass is 9.96. The van der Waals surface area contributed by atoms with Gasteiger partial charge in [-0.3, -0.25) is 0 Å². The summed E-state index contributed by atoms with van der Waals surface area (Å²) in [6.45, 7) is 0. The molecule has 0 radical (unpaired) electrons. The molecule has 0 saturated heterocycles. The van der Waals surface area contributed by atoms with Gasteiger partial charge in [0.2, 0.25) is 0 Å². The molecule has 0 unspecified atom stereocenters. The van der Waals surface area contributed by atoms with E-state index in [-0.39, 0.29) is 0 Å². The topological polar surface area (TPSA) is 6.48 Å². The van der Waals surface area contributed by atoms with Crippen LogP contribution < -0.4 is 9.80 Å². The van der Waals surface area contributed by atoms with Crippen LogP contribution in [0.25, 0.3) is 63.3 Å². The largest absolute Gasteiger partial charge is 0.310 e. The summed E-state index contributed by atoms with van der Waals surface area (Å²) >= 11 is 1.90. The summed E-state index contributed by atoms with van der Waals surface area (Å²) in [7, 11) is 0. The number of anilines is 6. The number of fused-ring (bicyclic) bond motifs is 11. The van der Waals surface area contributed by atoms with E-state index in [2.05, 4.69) is 216 Å². The van der Waals surface area contributed by atoms with E-state index in [9.17, 15) is 0 Å². The summed E-state index contributed by atoms with van der Waals surface area (Å²) < 4.78 is 2.60. The minimum Gasteiger partial charge on any atom is -0.310 e. The lowest BCUT2D eigenvalue weighted by Crippen LogP contribution is -2.09. The molecule has 0 amide bonds. The van der Waals surface area contributed by atoms with Crippen LogP contribution in [0.1, 0.15) is 0 Å². The average Bonchev–Trinajstić information content (AvgIpc) is 3.64. The van der Waals surface area contributed by atoms with E-state index in [1.54, 1.807) is 0 Å². The normalized spacial score (nSPS) is 11.6. The minimum absolute atomic E-state index is 1.13. The van der Waals surface area contributed by atoms with Gasteiger partial charge < -0.3 is 9.80 Å². The quantitative estimate of drug-likeness (QED) is 0.158. The van der Waals surface area contributed by atoms with Gasteiger partial charge in [-0.25, -0.2) is 0 Å². The number of hydrogen-bond acceptors (Lipinski definition) is 3. The molecular formula is C52H34N2S. The molecule has 0 atom stereocenters. The van der Waals surface area contributed by atoms with Crippen LogP contribution >= 0.6 is 11.3 Å².